The Morgan fingerprint density at radius 2 is 1.69 bits per heavy atom. The molecule has 1 aromatic rings. The van der Waals surface area contributed by atoms with Crippen LogP contribution in [0.3, 0.4) is 0 Å². The van der Waals surface area contributed by atoms with Gasteiger partial charge in [-0.2, -0.15) is 0 Å². The third-order valence-electron chi connectivity index (χ3n) is 2.11. The number of rotatable bonds is 3. The van der Waals surface area contributed by atoms with Gasteiger partial charge in [0.25, 0.3) is 0 Å². The molecule has 0 atom stereocenters. The van der Waals surface area contributed by atoms with E-state index in [4.69, 9.17) is 0 Å². The van der Waals surface area contributed by atoms with Crippen LogP contribution in [0.4, 0.5) is 0 Å². The van der Waals surface area contributed by atoms with E-state index in [1.54, 1.807) is 12.2 Å². The van der Waals surface area contributed by atoms with Crippen LogP contribution in [0.15, 0.2) is 61.7 Å². The Morgan fingerprint density at radius 3 is 2.06 bits per heavy atom. The van der Waals surface area contributed by atoms with Crippen molar-refractivity contribution in [3.63, 3.8) is 0 Å². The summed E-state index contributed by atoms with van der Waals surface area (Å²) in [5, 5.41) is 0. The lowest BCUT2D eigenvalue weighted by Crippen LogP contribution is -2.00. The molecule has 84 valence electrons. The molecule has 0 saturated carbocycles. The topological polar surface area (TPSA) is 17.1 Å². The summed E-state index contributed by atoms with van der Waals surface area (Å²) in [5.74, 6) is 0.0301. The molecule has 0 aliphatic heterocycles. The van der Waals surface area contributed by atoms with Crippen molar-refractivity contribution in [2.45, 2.75) is 13.8 Å². The van der Waals surface area contributed by atoms with Gasteiger partial charge in [0, 0.05) is 11.1 Å². The van der Waals surface area contributed by atoms with Gasteiger partial charge in [-0.25, -0.2) is 0 Å². The van der Waals surface area contributed by atoms with Gasteiger partial charge in [-0.3, -0.25) is 4.79 Å². The molecule has 0 amide bonds. The van der Waals surface area contributed by atoms with Crippen molar-refractivity contribution in [1.82, 2.24) is 0 Å². The summed E-state index contributed by atoms with van der Waals surface area (Å²) < 4.78 is 0. The predicted octanol–water partition coefficient (Wildman–Crippen LogP) is 4.11. The molecule has 0 unspecified atom stereocenters. The average Bonchev–Trinajstić information content (AvgIpc) is 2.34. The third kappa shape index (κ3) is 3.70. The zero-order valence-electron chi connectivity index (χ0n) is 9.99. The van der Waals surface area contributed by atoms with Gasteiger partial charge in [0.1, 0.15) is 0 Å². The Bertz CT molecular complexity index is 382. The van der Waals surface area contributed by atoms with E-state index in [-0.39, 0.29) is 5.78 Å². The van der Waals surface area contributed by atoms with Crippen LogP contribution in [0.25, 0.3) is 0 Å². The summed E-state index contributed by atoms with van der Waals surface area (Å²) in [6.07, 6.45) is 3.36. The fourth-order valence-corrected chi connectivity index (χ4v) is 1.21. The summed E-state index contributed by atoms with van der Waals surface area (Å²) in [5.41, 5.74) is 2.51. The molecule has 0 heterocycles. The van der Waals surface area contributed by atoms with E-state index in [0.29, 0.717) is 11.1 Å². The highest BCUT2D eigenvalue weighted by atomic mass is 16.1. The van der Waals surface area contributed by atoms with E-state index >= 15 is 0 Å². The van der Waals surface area contributed by atoms with Crippen molar-refractivity contribution in [1.29, 1.82) is 0 Å². The number of hydrogen-bond donors (Lipinski definition) is 0. The van der Waals surface area contributed by atoms with Gasteiger partial charge >= 0.3 is 0 Å². The van der Waals surface area contributed by atoms with Crippen LogP contribution in [0.5, 0.6) is 0 Å². The number of carbonyl (C=O) groups is 1. The number of aryl methyl sites for hydroxylation is 1. The molecule has 1 nitrogen and oxygen atoms in total. The van der Waals surface area contributed by atoms with E-state index in [1.807, 2.05) is 38.1 Å². The van der Waals surface area contributed by atoms with Gasteiger partial charge in [0.15, 0.2) is 5.78 Å². The van der Waals surface area contributed by atoms with E-state index in [0.717, 1.165) is 5.56 Å². The first-order chi connectivity index (χ1) is 7.69. The maximum absolute atomic E-state index is 11.8. The van der Waals surface area contributed by atoms with Crippen LogP contribution in [-0.4, -0.2) is 5.78 Å². The minimum absolute atomic E-state index is 0.0301. The number of Topliss-reactive ketones (excluding diaryl/α,β-unsaturated/α-hetero) is 1. The minimum Gasteiger partial charge on any atom is -0.289 e. The highest BCUT2D eigenvalue weighted by Gasteiger charge is 2.07. The first-order valence-electron chi connectivity index (χ1n) is 5.09. The molecule has 0 fully saturated rings. The fourth-order valence-electron chi connectivity index (χ4n) is 1.21. The Kier molecular flexibility index (Phi) is 6.53. The normalized spacial score (nSPS) is 10.0. The number of carbonyl (C=O) groups excluding carboxylic acids is 1. The molecule has 0 aromatic heterocycles. The maximum atomic E-state index is 11.8. The van der Waals surface area contributed by atoms with Crippen molar-refractivity contribution >= 4 is 5.78 Å². The number of ketones is 1. The van der Waals surface area contributed by atoms with Gasteiger partial charge in [0.05, 0.1) is 0 Å². The zero-order chi connectivity index (χ0) is 12.6. The van der Waals surface area contributed by atoms with Crippen LogP contribution in [-0.2, 0) is 0 Å². The smallest absolute Gasteiger partial charge is 0.192 e. The van der Waals surface area contributed by atoms with E-state index < -0.39 is 0 Å². The summed E-state index contributed by atoms with van der Waals surface area (Å²) in [4.78, 5) is 11.8. The SMILES string of the molecule is C=C.C=C/C(=C\C)C(=O)c1ccc(C)cc1. The molecule has 1 aromatic carbocycles. The second kappa shape index (κ2) is 7.41. The Balaban J connectivity index is 0.00000106. The van der Waals surface area contributed by atoms with Crippen LogP contribution < -0.4 is 0 Å². The molecule has 0 radical (unpaired) electrons. The number of hydrogen-bond acceptors (Lipinski definition) is 1. The zero-order valence-corrected chi connectivity index (χ0v) is 9.99. The van der Waals surface area contributed by atoms with Crippen molar-refractivity contribution in [2.24, 2.45) is 0 Å². The Hall–Kier alpha value is -1.89. The maximum Gasteiger partial charge on any atom is 0.192 e. The quantitative estimate of drug-likeness (QED) is 0.320. The Morgan fingerprint density at radius 1 is 1.19 bits per heavy atom. The highest BCUT2D eigenvalue weighted by molar-refractivity contribution is 6.10. The molecule has 0 N–H and O–H groups in total. The highest BCUT2D eigenvalue weighted by Crippen LogP contribution is 2.10. The molecule has 1 heteroatoms. The van der Waals surface area contributed by atoms with E-state index in [1.165, 1.54) is 0 Å². The van der Waals surface area contributed by atoms with Gasteiger partial charge < -0.3 is 0 Å². The molecule has 16 heavy (non-hydrogen) atoms. The fraction of sp³-hybridized carbons (Fsp3) is 0.133. The van der Waals surface area contributed by atoms with Crippen LogP contribution in [0.2, 0.25) is 0 Å². The second-order valence-electron chi connectivity index (χ2n) is 3.14. The standard InChI is InChI=1S/C13H14O.C2H4/c1-4-11(5-2)13(14)12-8-6-10(3)7-9-12;1-2/h4-9H,1H2,2-3H3;1-2H2/b11-5+;. The largest absolute Gasteiger partial charge is 0.289 e. The molecule has 1 rings (SSSR count). The number of allylic oxidation sites excluding steroid dienone is 3. The molecular formula is C15H18O. The summed E-state index contributed by atoms with van der Waals surface area (Å²) in [6, 6.07) is 7.54. The second-order valence-corrected chi connectivity index (χ2v) is 3.14. The lowest BCUT2D eigenvalue weighted by molar-refractivity contribution is 0.103. The lowest BCUT2D eigenvalue weighted by atomic mass is 10.0. The molecule has 0 aliphatic carbocycles. The number of benzene rings is 1. The molecule has 0 bridgehead atoms. The summed E-state index contributed by atoms with van der Waals surface area (Å²) in [7, 11) is 0. The van der Waals surface area contributed by atoms with Crippen LogP contribution in [0, 0.1) is 6.92 Å². The third-order valence-corrected chi connectivity index (χ3v) is 2.11. The van der Waals surface area contributed by atoms with Crippen LogP contribution in [0.1, 0.15) is 22.8 Å². The minimum atomic E-state index is 0.0301. The summed E-state index contributed by atoms with van der Waals surface area (Å²) in [6.45, 7) is 13.4. The molecule has 0 saturated heterocycles. The van der Waals surface area contributed by atoms with E-state index in [9.17, 15) is 4.79 Å². The van der Waals surface area contributed by atoms with Crippen molar-refractivity contribution < 1.29 is 4.79 Å². The molecule has 0 aliphatic rings. The lowest BCUT2D eigenvalue weighted by Gasteiger charge is -2.01. The first-order valence-corrected chi connectivity index (χ1v) is 5.09. The van der Waals surface area contributed by atoms with Gasteiger partial charge in [-0.15, -0.1) is 13.2 Å². The average molecular weight is 214 g/mol. The van der Waals surface area contributed by atoms with Crippen LogP contribution >= 0.6 is 0 Å². The summed E-state index contributed by atoms with van der Waals surface area (Å²) >= 11 is 0. The van der Waals surface area contributed by atoms with Crippen molar-refractivity contribution in [3.05, 3.63) is 72.9 Å². The first kappa shape index (κ1) is 14.1. The van der Waals surface area contributed by atoms with Crippen molar-refractivity contribution in [2.75, 3.05) is 0 Å². The predicted molar refractivity (Wildman–Crippen MR) is 70.7 cm³/mol. The van der Waals surface area contributed by atoms with Gasteiger partial charge in [-0.1, -0.05) is 48.6 Å². The Labute approximate surface area is 97.8 Å². The van der Waals surface area contributed by atoms with E-state index in [2.05, 4.69) is 19.7 Å². The van der Waals surface area contributed by atoms with Gasteiger partial charge in [0.2, 0.25) is 0 Å². The monoisotopic (exact) mass is 214 g/mol. The molecule has 0 spiro atoms. The van der Waals surface area contributed by atoms with Crippen molar-refractivity contribution in [3.8, 4) is 0 Å². The van der Waals surface area contributed by atoms with Gasteiger partial charge in [-0.05, 0) is 13.8 Å². The molecular weight excluding hydrogens is 196 g/mol.